The van der Waals surface area contributed by atoms with Crippen LogP contribution in [0, 0.1) is 17.6 Å². The molecule has 310 valence electrons. The van der Waals surface area contributed by atoms with Gasteiger partial charge in [0.1, 0.15) is 35.4 Å². The topological polar surface area (TPSA) is 141 Å². The lowest BCUT2D eigenvalue weighted by molar-refractivity contribution is -0.123. The number of sulfonamides is 1. The van der Waals surface area contributed by atoms with E-state index in [0.717, 1.165) is 22.3 Å². The zero-order chi connectivity index (χ0) is 42.1. The zero-order valence-corrected chi connectivity index (χ0v) is 32.1. The Morgan fingerprint density at radius 2 is 1.63 bits per heavy atom. The van der Waals surface area contributed by atoms with Crippen molar-refractivity contribution in [1.82, 2.24) is 33.9 Å². The van der Waals surface area contributed by atoms with Crippen LogP contribution in [0.3, 0.4) is 0 Å². The van der Waals surface area contributed by atoms with E-state index in [1.807, 2.05) is 0 Å². The molecule has 1 saturated carbocycles. The minimum atomic E-state index is -3.97. The number of benzene rings is 3. The number of carbonyl (C=O) groups excluding carboxylic acids is 1. The minimum Gasteiger partial charge on any atom is -0.379 e. The van der Waals surface area contributed by atoms with Gasteiger partial charge >= 0.3 is 0 Å². The molecule has 3 atom stereocenters. The first-order chi connectivity index (χ1) is 28.7. The fourth-order valence-electron chi connectivity index (χ4n) is 8.24. The van der Waals surface area contributed by atoms with Crippen LogP contribution in [0.25, 0.3) is 27.7 Å². The predicted molar refractivity (Wildman–Crippen MR) is 203 cm³/mol. The first-order valence-electron chi connectivity index (χ1n) is 18.9. The lowest BCUT2D eigenvalue weighted by Gasteiger charge is -2.26. The molecule has 4 heterocycles. The van der Waals surface area contributed by atoms with Crippen molar-refractivity contribution in [3.8, 4) is 16.8 Å². The Morgan fingerprint density at radius 3 is 2.32 bits per heavy atom. The molecule has 2 aliphatic carbocycles. The smallest absolute Gasteiger partial charge is 0.293 e. The van der Waals surface area contributed by atoms with Gasteiger partial charge in [-0.05, 0) is 89.7 Å². The second-order valence-electron chi connectivity index (χ2n) is 14.9. The molecule has 9 rings (SSSR count). The number of morpholine rings is 1. The maximum Gasteiger partial charge on any atom is 0.293 e. The number of aromatic nitrogens is 5. The van der Waals surface area contributed by atoms with Crippen molar-refractivity contribution in [2.75, 3.05) is 26.3 Å². The number of carbonyl (C=O) groups is 1. The Balaban J connectivity index is 1.17. The van der Waals surface area contributed by atoms with E-state index in [0.29, 0.717) is 16.3 Å². The molecule has 19 heteroatoms. The molecule has 1 aliphatic heterocycles. The SMILES string of the molecule is O=C(Cn1nc(C(F)F)c2c1C(F)(F)C1C[C@@H]21)N[C@@H](Cc1cc(F)cc(F)c1)c1nc2cc(-c3ccncc3)ccc2c(=O)n1-c1ccc(S(=O)(=O)N2CCOCC2)cc1. The molecule has 1 saturated heterocycles. The summed E-state index contributed by atoms with van der Waals surface area (Å²) >= 11 is 0. The summed E-state index contributed by atoms with van der Waals surface area (Å²) in [5.41, 5.74) is -0.946. The Bertz CT molecular complexity index is 2810. The van der Waals surface area contributed by atoms with Gasteiger partial charge in [-0.1, -0.05) is 6.07 Å². The van der Waals surface area contributed by atoms with Crippen molar-refractivity contribution in [2.45, 2.75) is 48.6 Å². The Hall–Kier alpha value is -5.92. The maximum atomic E-state index is 15.4. The molecule has 0 spiro atoms. The van der Waals surface area contributed by atoms with E-state index >= 15 is 8.78 Å². The highest BCUT2D eigenvalue weighted by atomic mass is 32.2. The highest BCUT2D eigenvalue weighted by Gasteiger charge is 2.67. The van der Waals surface area contributed by atoms with E-state index in [1.54, 1.807) is 36.7 Å². The van der Waals surface area contributed by atoms with Crippen LogP contribution in [-0.2, 0) is 38.4 Å². The molecular weight excluding hydrogens is 817 g/mol. The van der Waals surface area contributed by atoms with E-state index in [2.05, 4.69) is 15.4 Å². The normalized spacial score (nSPS) is 19.0. The van der Waals surface area contributed by atoms with Gasteiger partial charge in [-0.25, -0.2) is 31.0 Å². The quantitative estimate of drug-likeness (QED) is 0.152. The molecule has 3 aromatic heterocycles. The molecule has 1 amide bonds. The largest absolute Gasteiger partial charge is 0.379 e. The summed E-state index contributed by atoms with van der Waals surface area (Å²) in [5.74, 6) is -8.63. The van der Waals surface area contributed by atoms with E-state index in [1.165, 1.54) is 34.6 Å². The van der Waals surface area contributed by atoms with E-state index < -0.39 is 87.7 Å². The number of nitrogens with zero attached hydrogens (tertiary/aromatic N) is 6. The molecule has 3 aromatic carbocycles. The van der Waals surface area contributed by atoms with Crippen molar-refractivity contribution >= 4 is 26.8 Å². The monoisotopic (exact) mass is 849 g/mol. The van der Waals surface area contributed by atoms with Gasteiger partial charge in [0.2, 0.25) is 15.9 Å². The number of rotatable bonds is 11. The Kier molecular flexibility index (Phi) is 9.86. The number of hydrogen-bond acceptors (Lipinski definition) is 8. The number of ether oxygens (including phenoxy) is 1. The summed E-state index contributed by atoms with van der Waals surface area (Å²) in [5, 5.41) is 6.50. The van der Waals surface area contributed by atoms with E-state index in [4.69, 9.17) is 9.72 Å². The first kappa shape index (κ1) is 39.5. The summed E-state index contributed by atoms with van der Waals surface area (Å²) < 4.78 is 123. The molecule has 1 N–H and O–H groups in total. The standard InChI is InChI=1S/C41H33F6N7O5S/c42-25-15-22(16-26(43)19-25)17-33(49-34(55)21-53-37-35(36(51-53)38(44)45)30-20-31(30)41(37,46)47)39-50-32-18-24(23-7-9-48-10-8-23)1-6-29(32)40(56)54(39)27-2-4-28(5-3-27)60(57,58)52-11-13-59-14-12-52/h1-10,15-16,18-19,30-31,33,38H,11-14,17,20-21H2,(H,49,55)/t30-,31?,33+/m1/s1. The summed E-state index contributed by atoms with van der Waals surface area (Å²) in [6, 6.07) is 14.8. The molecule has 6 aromatic rings. The predicted octanol–water partition coefficient (Wildman–Crippen LogP) is 6.19. The third-order valence-corrected chi connectivity index (χ3v) is 13.0. The van der Waals surface area contributed by atoms with Crippen LogP contribution < -0.4 is 10.9 Å². The third kappa shape index (κ3) is 7.02. The van der Waals surface area contributed by atoms with Gasteiger partial charge in [-0.15, -0.1) is 0 Å². The average Bonchev–Trinajstić information content (AvgIpc) is 3.89. The molecule has 12 nitrogen and oxygen atoms in total. The lowest BCUT2D eigenvalue weighted by atomic mass is 10.0. The van der Waals surface area contributed by atoms with Crippen molar-refractivity contribution in [3.05, 3.63) is 136 Å². The second-order valence-corrected chi connectivity index (χ2v) is 16.8. The number of pyridine rings is 1. The molecule has 3 aliphatic rings. The van der Waals surface area contributed by atoms with Crippen LogP contribution in [0.4, 0.5) is 26.3 Å². The summed E-state index contributed by atoms with van der Waals surface area (Å²) in [6.07, 6.45) is -0.441. The van der Waals surface area contributed by atoms with Crippen LogP contribution in [-0.4, -0.2) is 69.2 Å². The molecule has 0 radical (unpaired) electrons. The lowest BCUT2D eigenvalue weighted by Crippen LogP contribution is -2.40. The molecule has 1 unspecified atom stereocenters. The van der Waals surface area contributed by atoms with E-state index in [-0.39, 0.29) is 71.2 Å². The van der Waals surface area contributed by atoms with Crippen molar-refractivity contribution in [1.29, 1.82) is 0 Å². The minimum absolute atomic E-state index is 0.00257. The van der Waals surface area contributed by atoms with Crippen molar-refractivity contribution in [2.24, 2.45) is 5.92 Å². The first-order valence-corrected chi connectivity index (χ1v) is 20.3. The number of halogens is 6. The van der Waals surface area contributed by atoms with Crippen molar-refractivity contribution < 1.29 is 44.3 Å². The highest BCUT2D eigenvalue weighted by molar-refractivity contribution is 7.89. The van der Waals surface area contributed by atoms with Crippen LogP contribution >= 0.6 is 0 Å². The van der Waals surface area contributed by atoms with Gasteiger partial charge in [-0.3, -0.25) is 23.8 Å². The highest BCUT2D eigenvalue weighted by Crippen LogP contribution is 2.68. The number of hydrogen-bond donors (Lipinski definition) is 1. The number of fused-ring (bicyclic) bond motifs is 4. The average molecular weight is 850 g/mol. The van der Waals surface area contributed by atoms with Crippen LogP contribution in [0.15, 0.2) is 94.9 Å². The van der Waals surface area contributed by atoms with E-state index in [9.17, 15) is 35.6 Å². The van der Waals surface area contributed by atoms with Gasteiger partial charge in [0, 0.05) is 49.5 Å². The molecule has 60 heavy (non-hydrogen) atoms. The van der Waals surface area contributed by atoms with Gasteiger partial charge in [0.05, 0.1) is 40.7 Å². The number of alkyl halides is 4. The molecule has 0 bridgehead atoms. The van der Waals surface area contributed by atoms with Crippen LogP contribution in [0.1, 0.15) is 53.1 Å². The van der Waals surface area contributed by atoms with Gasteiger partial charge in [0.15, 0.2) is 0 Å². The van der Waals surface area contributed by atoms with Gasteiger partial charge in [0.25, 0.3) is 17.9 Å². The fourth-order valence-corrected chi connectivity index (χ4v) is 9.65. The fraction of sp³-hybridized carbons (Fsp3) is 0.293. The van der Waals surface area contributed by atoms with Gasteiger partial charge in [-0.2, -0.15) is 18.2 Å². The second kappa shape index (κ2) is 15.0. The summed E-state index contributed by atoms with van der Waals surface area (Å²) in [4.78, 5) is 37.4. The van der Waals surface area contributed by atoms with Crippen molar-refractivity contribution in [3.63, 3.8) is 0 Å². The zero-order valence-electron chi connectivity index (χ0n) is 31.2. The van der Waals surface area contributed by atoms with Crippen LogP contribution in [0.5, 0.6) is 0 Å². The molecular formula is C41H33F6N7O5S. The molecule has 2 fully saturated rings. The van der Waals surface area contributed by atoms with Crippen LogP contribution in [0.2, 0.25) is 0 Å². The Morgan fingerprint density at radius 1 is 0.933 bits per heavy atom. The summed E-state index contributed by atoms with van der Waals surface area (Å²) in [7, 11) is -3.97. The third-order valence-electron chi connectivity index (χ3n) is 11.1. The number of nitrogens with one attached hydrogen (secondary N) is 1. The van der Waals surface area contributed by atoms with Gasteiger partial charge < -0.3 is 10.1 Å². The number of amides is 1. The summed E-state index contributed by atoms with van der Waals surface area (Å²) in [6.45, 7) is -0.255. The maximum absolute atomic E-state index is 15.4. The Labute approximate surface area is 337 Å².